The van der Waals surface area contributed by atoms with Gasteiger partial charge in [0.1, 0.15) is 0 Å². The third kappa shape index (κ3) is 7.95. The molecule has 0 amide bonds. The highest BCUT2D eigenvalue weighted by molar-refractivity contribution is 5.76. The molecule has 0 aromatic carbocycles. The lowest BCUT2D eigenvalue weighted by molar-refractivity contribution is -0.144. The first kappa shape index (κ1) is 19.5. The number of esters is 2. The lowest BCUT2D eigenvalue weighted by atomic mass is 10.1. The Labute approximate surface area is 129 Å². The minimum Gasteiger partial charge on any atom is -0.467 e. The van der Waals surface area contributed by atoms with Crippen molar-refractivity contribution < 1.29 is 19.1 Å². The molecule has 0 aromatic heterocycles. The smallest absolute Gasteiger partial charge is 0.332 e. The first-order chi connectivity index (χ1) is 10.6. The molecule has 120 valence electrons. The van der Waals surface area contributed by atoms with Crippen molar-refractivity contribution in [3.8, 4) is 12.1 Å². The molecule has 0 saturated heterocycles. The van der Waals surface area contributed by atoms with E-state index in [-0.39, 0.29) is 0 Å². The number of nitriles is 2. The fourth-order valence-corrected chi connectivity index (χ4v) is 1.63. The Morgan fingerprint density at radius 3 is 1.55 bits per heavy atom. The molecule has 0 aromatic rings. The number of methoxy groups -OCH3 is 2. The number of hydrogen-bond acceptors (Lipinski definition) is 8. The van der Waals surface area contributed by atoms with E-state index in [0.717, 1.165) is 0 Å². The lowest BCUT2D eigenvalue weighted by Crippen LogP contribution is -2.23. The molecule has 0 rings (SSSR count). The van der Waals surface area contributed by atoms with Crippen LogP contribution in [0, 0.1) is 22.7 Å². The van der Waals surface area contributed by atoms with E-state index in [9.17, 15) is 9.59 Å². The summed E-state index contributed by atoms with van der Waals surface area (Å²) in [6.45, 7) is 0. The van der Waals surface area contributed by atoms with Crippen LogP contribution < -0.4 is 0 Å². The average Bonchev–Trinajstić information content (AvgIpc) is 2.54. The van der Waals surface area contributed by atoms with Gasteiger partial charge in [0.25, 0.3) is 0 Å². The van der Waals surface area contributed by atoms with Gasteiger partial charge in [0.15, 0.2) is 12.1 Å². The zero-order valence-corrected chi connectivity index (χ0v) is 12.8. The van der Waals surface area contributed by atoms with Gasteiger partial charge in [-0.05, 0) is 25.7 Å². The summed E-state index contributed by atoms with van der Waals surface area (Å²) in [5, 5.41) is 24.8. The normalized spacial score (nSPS) is 12.9. The van der Waals surface area contributed by atoms with Gasteiger partial charge in [-0.15, -0.1) is 0 Å². The average molecular weight is 308 g/mol. The van der Waals surface area contributed by atoms with Gasteiger partial charge in [-0.1, -0.05) is 0 Å². The second kappa shape index (κ2) is 12.3. The van der Waals surface area contributed by atoms with Gasteiger partial charge in [-0.2, -0.15) is 20.8 Å². The van der Waals surface area contributed by atoms with Crippen molar-refractivity contribution in [1.29, 1.82) is 10.5 Å². The summed E-state index contributed by atoms with van der Waals surface area (Å²) in [6.07, 6.45) is 2.18. The summed E-state index contributed by atoms with van der Waals surface area (Å²) >= 11 is 0. The van der Waals surface area contributed by atoms with Gasteiger partial charge >= 0.3 is 11.9 Å². The van der Waals surface area contributed by atoms with Crippen molar-refractivity contribution >= 4 is 11.9 Å². The summed E-state index contributed by atoms with van der Waals surface area (Å²) in [5.41, 5.74) is 0. The molecule has 0 saturated carbocycles. The number of hydrogen-bond donors (Lipinski definition) is 0. The van der Waals surface area contributed by atoms with Crippen LogP contribution in [0.4, 0.5) is 0 Å². The third-order valence-electron chi connectivity index (χ3n) is 2.82. The number of unbranched alkanes of at least 4 members (excludes halogenated alkanes) is 2. The van der Waals surface area contributed by atoms with E-state index < -0.39 is 24.0 Å². The van der Waals surface area contributed by atoms with Crippen LogP contribution in [0.25, 0.3) is 0 Å². The molecule has 0 aliphatic rings. The summed E-state index contributed by atoms with van der Waals surface area (Å²) in [5.74, 6) is -1.13. The first-order valence-corrected chi connectivity index (χ1v) is 6.90. The van der Waals surface area contributed by atoms with E-state index in [0.29, 0.717) is 38.5 Å². The van der Waals surface area contributed by atoms with Crippen LogP contribution in [0.15, 0.2) is 10.2 Å². The van der Waals surface area contributed by atoms with Crippen LogP contribution in [0.5, 0.6) is 0 Å². The fraction of sp³-hybridized carbons (Fsp3) is 0.714. The van der Waals surface area contributed by atoms with Crippen LogP contribution in [-0.2, 0) is 19.1 Å². The van der Waals surface area contributed by atoms with E-state index in [2.05, 4.69) is 19.7 Å². The molecule has 8 heteroatoms. The Morgan fingerprint density at radius 2 is 1.27 bits per heavy atom. The van der Waals surface area contributed by atoms with Gasteiger partial charge in [0, 0.05) is 12.8 Å². The predicted octanol–water partition coefficient (Wildman–Crippen LogP) is 1.91. The van der Waals surface area contributed by atoms with E-state index in [4.69, 9.17) is 10.5 Å². The Hall–Kier alpha value is -2.48. The molecule has 0 aliphatic heterocycles. The van der Waals surface area contributed by atoms with Gasteiger partial charge in [0.05, 0.1) is 26.4 Å². The molecule has 8 nitrogen and oxygen atoms in total. The standard InChI is InChI=1S/C14H20N4O4/c1-21-13(19)11(7-3-5-9-15)17-18-12(14(20)22-2)8-4-6-10-16/h11-12H,3-8H2,1-2H3. The van der Waals surface area contributed by atoms with Crippen LogP contribution in [-0.4, -0.2) is 38.2 Å². The number of ether oxygens (including phenoxy) is 2. The highest BCUT2D eigenvalue weighted by atomic mass is 16.5. The Bertz CT molecular complexity index is 422. The third-order valence-corrected chi connectivity index (χ3v) is 2.82. The lowest BCUT2D eigenvalue weighted by Gasteiger charge is -2.11. The molecule has 0 spiro atoms. The minimum absolute atomic E-state index is 0.297. The van der Waals surface area contributed by atoms with E-state index in [1.807, 2.05) is 12.1 Å². The molecular weight excluding hydrogens is 288 g/mol. The molecule has 0 heterocycles. The van der Waals surface area contributed by atoms with Crippen molar-refractivity contribution in [1.82, 2.24) is 0 Å². The predicted molar refractivity (Wildman–Crippen MR) is 75.4 cm³/mol. The molecule has 0 bridgehead atoms. The van der Waals surface area contributed by atoms with Crippen molar-refractivity contribution in [3.63, 3.8) is 0 Å². The molecule has 0 aliphatic carbocycles. The fourth-order valence-electron chi connectivity index (χ4n) is 1.63. The number of rotatable bonds is 10. The van der Waals surface area contributed by atoms with Crippen molar-refractivity contribution in [2.75, 3.05) is 14.2 Å². The van der Waals surface area contributed by atoms with E-state index >= 15 is 0 Å². The van der Waals surface area contributed by atoms with Crippen LogP contribution in [0.3, 0.4) is 0 Å². The number of carbonyl (C=O) groups excluding carboxylic acids is 2. The van der Waals surface area contributed by atoms with Crippen molar-refractivity contribution in [2.45, 2.75) is 50.6 Å². The molecule has 0 radical (unpaired) electrons. The van der Waals surface area contributed by atoms with E-state index in [1.54, 1.807) is 0 Å². The monoisotopic (exact) mass is 308 g/mol. The largest absolute Gasteiger partial charge is 0.467 e. The summed E-state index contributed by atoms with van der Waals surface area (Å²) in [6, 6.07) is 2.26. The van der Waals surface area contributed by atoms with Crippen molar-refractivity contribution in [2.24, 2.45) is 10.2 Å². The quantitative estimate of drug-likeness (QED) is 0.345. The second-order valence-corrected chi connectivity index (χ2v) is 4.41. The van der Waals surface area contributed by atoms with Gasteiger partial charge in [-0.3, -0.25) is 0 Å². The van der Waals surface area contributed by atoms with Crippen LogP contribution in [0.2, 0.25) is 0 Å². The number of azo groups is 1. The molecule has 22 heavy (non-hydrogen) atoms. The van der Waals surface area contributed by atoms with Crippen molar-refractivity contribution in [3.05, 3.63) is 0 Å². The Balaban J connectivity index is 4.80. The van der Waals surface area contributed by atoms with Crippen LogP contribution in [0.1, 0.15) is 38.5 Å². The number of nitrogens with zero attached hydrogens (tertiary/aromatic N) is 4. The minimum atomic E-state index is -0.846. The SMILES string of the molecule is COC(=O)C(CCCC#N)N=NC(CCCC#N)C(=O)OC. The highest BCUT2D eigenvalue weighted by Gasteiger charge is 2.22. The first-order valence-electron chi connectivity index (χ1n) is 6.90. The van der Waals surface area contributed by atoms with Gasteiger partial charge in [-0.25, -0.2) is 9.59 Å². The van der Waals surface area contributed by atoms with E-state index in [1.165, 1.54) is 14.2 Å². The Kier molecular flexibility index (Phi) is 10.9. The maximum atomic E-state index is 11.6. The zero-order chi connectivity index (χ0) is 16.8. The van der Waals surface area contributed by atoms with Gasteiger partial charge < -0.3 is 9.47 Å². The van der Waals surface area contributed by atoms with Gasteiger partial charge in [0.2, 0.25) is 0 Å². The zero-order valence-electron chi connectivity index (χ0n) is 12.8. The highest BCUT2D eigenvalue weighted by Crippen LogP contribution is 2.12. The molecule has 2 atom stereocenters. The summed E-state index contributed by atoms with van der Waals surface area (Å²) in [7, 11) is 2.47. The van der Waals surface area contributed by atoms with Crippen LogP contribution >= 0.6 is 0 Å². The Morgan fingerprint density at radius 1 is 0.909 bits per heavy atom. The molecular formula is C14H20N4O4. The molecule has 0 N–H and O–H groups in total. The topological polar surface area (TPSA) is 125 Å². The maximum absolute atomic E-state index is 11.6. The summed E-state index contributed by atoms with van der Waals surface area (Å²) < 4.78 is 9.25. The maximum Gasteiger partial charge on any atom is 0.332 e. The molecule has 2 unspecified atom stereocenters. The second-order valence-electron chi connectivity index (χ2n) is 4.41. The number of carbonyl (C=O) groups is 2. The molecule has 0 fully saturated rings. The summed E-state index contributed by atoms with van der Waals surface area (Å²) in [4.78, 5) is 23.2.